The van der Waals surface area contributed by atoms with Crippen LogP contribution in [0.2, 0.25) is 0 Å². The maximum atomic E-state index is 8.60. The largest absolute Gasteiger partial charge is 0.378 e. The van der Waals surface area contributed by atoms with Crippen LogP contribution in [-0.2, 0) is 0 Å². The van der Waals surface area contributed by atoms with Crippen molar-refractivity contribution < 1.29 is 28.9 Å². The zero-order chi connectivity index (χ0) is 14.0. The van der Waals surface area contributed by atoms with Gasteiger partial charge in [0.15, 0.2) is 0 Å². The fraction of sp³-hybridized carbons (Fsp3) is 0.250. The topological polar surface area (TPSA) is 105 Å². The predicted molar refractivity (Wildman–Crippen MR) is 58.2 cm³/mol. The lowest BCUT2D eigenvalue weighted by molar-refractivity contribution is -1.92. The minimum Gasteiger partial charge on any atom is -0.378 e. The van der Waals surface area contributed by atoms with Gasteiger partial charge >= 0.3 is 0 Å². The first-order chi connectivity index (χ1) is 8.84. The monoisotopic (exact) mass is 284 g/mol. The lowest BCUT2D eigenvalue weighted by Gasteiger charge is -2.20. The van der Waals surface area contributed by atoms with Crippen LogP contribution in [0.15, 0.2) is 41.2 Å². The molecule has 0 radical (unpaired) electrons. The number of para-hydroxylation sites is 1. The number of hydrogen-bond donors (Lipinski definition) is 1. The highest BCUT2D eigenvalue weighted by Crippen LogP contribution is 2.22. The van der Waals surface area contributed by atoms with Crippen molar-refractivity contribution in [1.82, 2.24) is 4.90 Å². The molecule has 102 valence electrons. The van der Waals surface area contributed by atoms with E-state index in [2.05, 4.69) is 41.3 Å². The summed E-state index contributed by atoms with van der Waals surface area (Å²) in [5, 5.41) is 2.45. The van der Waals surface area contributed by atoms with E-state index < -0.39 is 10.2 Å². The fourth-order valence-electron chi connectivity index (χ4n) is 2.09. The molecular weight excluding hydrogens is 272 g/mol. The third kappa shape index (κ3) is 3.76. The van der Waals surface area contributed by atoms with E-state index in [9.17, 15) is 0 Å². The van der Waals surface area contributed by atoms with Crippen molar-refractivity contribution in [3.63, 3.8) is 0 Å². The van der Waals surface area contributed by atoms with Gasteiger partial charge in [-0.05, 0) is 18.1 Å². The molecule has 1 N–H and O–H groups in total. The van der Waals surface area contributed by atoms with Gasteiger partial charge in [0, 0.05) is 25.0 Å². The minimum atomic E-state index is -4.69. The van der Waals surface area contributed by atoms with Gasteiger partial charge < -0.3 is 4.90 Å². The molecule has 0 spiro atoms. The molecule has 0 saturated carbocycles. The third-order valence-electron chi connectivity index (χ3n) is 2.84. The smallest absolute Gasteiger partial charge is 0.0834 e. The molecule has 2 aliphatic rings. The molecule has 19 heavy (non-hydrogen) atoms. The van der Waals surface area contributed by atoms with Crippen LogP contribution in [0.5, 0.6) is 0 Å². The van der Waals surface area contributed by atoms with Gasteiger partial charge in [-0.3, -0.25) is 0 Å². The van der Waals surface area contributed by atoms with Gasteiger partial charge in [0.1, 0.15) is 0 Å². The number of benzene rings is 1. The second kappa shape index (κ2) is 5.28. The van der Waals surface area contributed by atoms with E-state index in [0.29, 0.717) is 0 Å². The molecule has 0 unspecified atom stereocenters. The Morgan fingerprint density at radius 3 is 2.58 bits per heavy atom. The maximum absolute atomic E-state index is 8.60. The standard InChI is InChI=1S/C12H12N2.ClHO4/c1-14-7-6-10-9-4-2-3-5-11(9)13-12(10)8-14;2-1(3,4)5/h2-5,8H,6-7H2,1H3;(H,2,3,4,5). The summed E-state index contributed by atoms with van der Waals surface area (Å²) in [6.07, 6.45) is 3.25. The van der Waals surface area contributed by atoms with E-state index in [-0.39, 0.29) is 0 Å². The van der Waals surface area contributed by atoms with Gasteiger partial charge in [0.05, 0.1) is 26.0 Å². The van der Waals surface area contributed by atoms with Crippen LogP contribution in [0.3, 0.4) is 0 Å². The molecule has 0 saturated heterocycles. The van der Waals surface area contributed by atoms with Crippen molar-refractivity contribution in [2.45, 2.75) is 6.42 Å². The number of fused-ring (bicyclic) bond motifs is 2. The molecule has 0 fully saturated rings. The van der Waals surface area contributed by atoms with E-state index in [1.165, 1.54) is 10.8 Å². The SMILES string of the molecule is CN1C=C2N=c3ccccc3=C2CC1.[O-][Cl+3]([O-])([O-])O. The summed E-state index contributed by atoms with van der Waals surface area (Å²) in [7, 11) is -2.59. The maximum Gasteiger partial charge on any atom is 0.0834 e. The molecule has 2 aliphatic heterocycles. The minimum absolute atomic E-state index is 1.10. The Morgan fingerprint density at radius 2 is 1.89 bits per heavy atom. The molecule has 7 heteroatoms. The van der Waals surface area contributed by atoms with Crippen LogP contribution >= 0.6 is 0 Å². The summed E-state index contributed by atoms with van der Waals surface area (Å²) < 4.78 is 32.7. The van der Waals surface area contributed by atoms with E-state index in [0.717, 1.165) is 24.0 Å². The molecule has 0 bridgehead atoms. The zero-order valence-corrected chi connectivity index (χ0v) is 11.0. The lowest BCUT2D eigenvalue weighted by atomic mass is 10.1. The van der Waals surface area contributed by atoms with E-state index in [1.807, 2.05) is 6.07 Å². The third-order valence-corrected chi connectivity index (χ3v) is 2.84. The number of hydrogen-bond acceptors (Lipinski definition) is 6. The van der Waals surface area contributed by atoms with Gasteiger partial charge in [0.25, 0.3) is 0 Å². The second-order valence-electron chi connectivity index (χ2n) is 4.25. The summed E-state index contributed by atoms with van der Waals surface area (Å²) in [5.74, 6) is 0. The van der Waals surface area contributed by atoms with Crippen molar-refractivity contribution in [1.29, 1.82) is 0 Å². The second-order valence-corrected chi connectivity index (χ2v) is 5.04. The average molecular weight is 285 g/mol. The first-order valence-corrected chi connectivity index (χ1v) is 6.83. The Kier molecular flexibility index (Phi) is 3.88. The van der Waals surface area contributed by atoms with Gasteiger partial charge in [-0.1, -0.05) is 18.2 Å². The molecule has 0 aromatic heterocycles. The van der Waals surface area contributed by atoms with Crippen molar-refractivity contribution in [2.24, 2.45) is 4.99 Å². The number of nitrogens with zero attached hydrogens (tertiary/aromatic N) is 2. The quantitative estimate of drug-likeness (QED) is 0.533. The molecule has 1 aromatic carbocycles. The first-order valence-electron chi connectivity index (χ1n) is 5.57. The summed E-state index contributed by atoms with van der Waals surface area (Å²) in [5.41, 5.74) is 2.57. The van der Waals surface area contributed by atoms with Gasteiger partial charge in [-0.25, -0.2) is 4.99 Å². The van der Waals surface area contributed by atoms with E-state index in [4.69, 9.17) is 18.6 Å². The lowest BCUT2D eigenvalue weighted by Crippen LogP contribution is -2.58. The number of rotatable bonds is 0. The molecule has 6 nitrogen and oxygen atoms in total. The number of allylic oxidation sites excluding steroid dienone is 1. The van der Waals surface area contributed by atoms with Crippen molar-refractivity contribution >= 4 is 5.57 Å². The molecule has 0 aliphatic carbocycles. The predicted octanol–water partition coefficient (Wildman–Crippen LogP) is -3.48. The highest BCUT2D eigenvalue weighted by molar-refractivity contribution is 5.66. The van der Waals surface area contributed by atoms with Gasteiger partial charge in [-0.2, -0.15) is 14.0 Å². The van der Waals surface area contributed by atoms with Crippen molar-refractivity contribution in [3.8, 4) is 0 Å². The van der Waals surface area contributed by atoms with Crippen LogP contribution < -0.4 is 24.6 Å². The van der Waals surface area contributed by atoms with Gasteiger partial charge in [-0.15, -0.1) is 0 Å². The fourth-order valence-corrected chi connectivity index (χ4v) is 2.09. The molecule has 0 amide bonds. The van der Waals surface area contributed by atoms with Crippen molar-refractivity contribution in [2.75, 3.05) is 13.6 Å². The van der Waals surface area contributed by atoms with Crippen LogP contribution in [0.1, 0.15) is 6.42 Å². The van der Waals surface area contributed by atoms with Crippen LogP contribution in [0, 0.1) is 10.2 Å². The van der Waals surface area contributed by atoms with Crippen molar-refractivity contribution in [3.05, 3.63) is 46.7 Å². The zero-order valence-electron chi connectivity index (χ0n) is 10.2. The Morgan fingerprint density at radius 1 is 1.26 bits per heavy atom. The average Bonchev–Trinajstić information content (AvgIpc) is 2.63. The van der Waals surface area contributed by atoms with Gasteiger partial charge in [0.2, 0.25) is 0 Å². The van der Waals surface area contributed by atoms with E-state index >= 15 is 0 Å². The first kappa shape index (κ1) is 14.0. The Hall–Kier alpha value is -1.44. The van der Waals surface area contributed by atoms with Crippen LogP contribution in [0.25, 0.3) is 5.57 Å². The van der Waals surface area contributed by atoms with E-state index in [1.54, 1.807) is 0 Å². The highest BCUT2D eigenvalue weighted by atomic mass is 35.7. The normalized spacial score (nSPS) is 16.8. The number of halogens is 1. The highest BCUT2D eigenvalue weighted by Gasteiger charge is 2.17. The molecule has 1 aromatic rings. The summed E-state index contributed by atoms with van der Waals surface area (Å²) >= 11 is 0. The molecule has 0 atom stereocenters. The summed E-state index contributed by atoms with van der Waals surface area (Å²) in [6, 6.07) is 8.38. The Balaban J connectivity index is 0.000000232. The summed E-state index contributed by atoms with van der Waals surface area (Å²) in [6.45, 7) is 1.10. The van der Waals surface area contributed by atoms with Crippen LogP contribution in [-0.4, -0.2) is 23.2 Å². The molecule has 2 heterocycles. The molecule has 3 rings (SSSR count). The Labute approximate surface area is 112 Å². The van der Waals surface area contributed by atoms with Crippen LogP contribution in [0.4, 0.5) is 0 Å². The summed E-state index contributed by atoms with van der Waals surface area (Å²) in [4.78, 5) is 6.81. The molecular formula is C12H13ClN2O4. The Bertz CT molecular complexity index is 615.